The van der Waals surface area contributed by atoms with Gasteiger partial charge in [-0.05, 0) is 25.5 Å². The van der Waals surface area contributed by atoms with Crippen molar-refractivity contribution in [3.05, 3.63) is 41.5 Å². The Hall–Kier alpha value is -2.37. The Bertz CT molecular complexity index is 552. The van der Waals surface area contributed by atoms with Gasteiger partial charge in [-0.2, -0.15) is 5.10 Å². The number of aryl methyl sites for hydroxylation is 1. The van der Waals surface area contributed by atoms with E-state index in [0.29, 0.717) is 17.7 Å². The first kappa shape index (κ1) is 13.1. The molecule has 6 heteroatoms. The standard InChI is InChI=1S/C13H16N4O2/c1-9-10(4-2-5-11(9)18)13(19)14-7-3-6-12-15-8-16-17-12/h2,4-5,8,18H,3,6-7H2,1H3,(H,14,19)(H,15,16,17). The molecule has 0 aliphatic rings. The third kappa shape index (κ3) is 3.31. The zero-order chi connectivity index (χ0) is 13.7. The molecule has 1 aromatic carbocycles. The Labute approximate surface area is 110 Å². The molecule has 19 heavy (non-hydrogen) atoms. The van der Waals surface area contributed by atoms with Gasteiger partial charge in [-0.1, -0.05) is 6.07 Å². The van der Waals surface area contributed by atoms with E-state index in [4.69, 9.17) is 0 Å². The maximum absolute atomic E-state index is 11.9. The summed E-state index contributed by atoms with van der Waals surface area (Å²) in [6.45, 7) is 2.27. The maximum Gasteiger partial charge on any atom is 0.251 e. The monoisotopic (exact) mass is 260 g/mol. The van der Waals surface area contributed by atoms with Gasteiger partial charge in [0.15, 0.2) is 0 Å². The Morgan fingerprint density at radius 3 is 3.05 bits per heavy atom. The van der Waals surface area contributed by atoms with Gasteiger partial charge in [0, 0.05) is 24.1 Å². The first-order valence-corrected chi connectivity index (χ1v) is 6.09. The van der Waals surface area contributed by atoms with Crippen molar-refractivity contribution in [2.45, 2.75) is 19.8 Å². The van der Waals surface area contributed by atoms with E-state index in [9.17, 15) is 9.90 Å². The summed E-state index contributed by atoms with van der Waals surface area (Å²) in [6.07, 6.45) is 2.97. The predicted molar refractivity (Wildman–Crippen MR) is 69.9 cm³/mol. The lowest BCUT2D eigenvalue weighted by Crippen LogP contribution is -2.25. The summed E-state index contributed by atoms with van der Waals surface area (Å²) < 4.78 is 0. The largest absolute Gasteiger partial charge is 0.508 e. The van der Waals surface area contributed by atoms with Crippen LogP contribution in [-0.4, -0.2) is 32.7 Å². The summed E-state index contributed by atoms with van der Waals surface area (Å²) in [5.74, 6) is 0.767. The van der Waals surface area contributed by atoms with Crippen LogP contribution < -0.4 is 5.32 Å². The second-order valence-electron chi connectivity index (χ2n) is 4.24. The van der Waals surface area contributed by atoms with Gasteiger partial charge in [-0.15, -0.1) is 0 Å². The molecule has 0 aliphatic heterocycles. The number of rotatable bonds is 5. The number of benzene rings is 1. The lowest BCUT2D eigenvalue weighted by Gasteiger charge is -2.08. The van der Waals surface area contributed by atoms with Crippen molar-refractivity contribution in [1.29, 1.82) is 0 Å². The minimum absolute atomic E-state index is 0.134. The van der Waals surface area contributed by atoms with Crippen molar-refractivity contribution >= 4 is 5.91 Å². The Balaban J connectivity index is 1.83. The summed E-state index contributed by atoms with van der Waals surface area (Å²) in [6, 6.07) is 4.92. The molecule has 0 spiro atoms. The molecule has 0 saturated heterocycles. The van der Waals surface area contributed by atoms with Crippen molar-refractivity contribution in [2.24, 2.45) is 0 Å². The first-order valence-electron chi connectivity index (χ1n) is 6.09. The topological polar surface area (TPSA) is 90.9 Å². The number of hydrogen-bond donors (Lipinski definition) is 3. The van der Waals surface area contributed by atoms with Crippen LogP contribution in [0.3, 0.4) is 0 Å². The maximum atomic E-state index is 11.9. The zero-order valence-corrected chi connectivity index (χ0v) is 10.7. The van der Waals surface area contributed by atoms with Crippen molar-refractivity contribution in [3.63, 3.8) is 0 Å². The van der Waals surface area contributed by atoms with Crippen LogP contribution in [0.4, 0.5) is 0 Å². The number of phenols is 1. The number of nitrogens with one attached hydrogen (secondary N) is 2. The quantitative estimate of drug-likeness (QED) is 0.704. The highest BCUT2D eigenvalue weighted by Crippen LogP contribution is 2.19. The summed E-state index contributed by atoms with van der Waals surface area (Å²) in [5.41, 5.74) is 1.09. The summed E-state index contributed by atoms with van der Waals surface area (Å²) >= 11 is 0. The Morgan fingerprint density at radius 2 is 2.32 bits per heavy atom. The van der Waals surface area contributed by atoms with E-state index < -0.39 is 0 Å². The van der Waals surface area contributed by atoms with Gasteiger partial charge in [0.2, 0.25) is 0 Å². The highest BCUT2D eigenvalue weighted by Gasteiger charge is 2.10. The minimum Gasteiger partial charge on any atom is -0.508 e. The Morgan fingerprint density at radius 1 is 1.47 bits per heavy atom. The molecule has 1 amide bonds. The van der Waals surface area contributed by atoms with Crippen LogP contribution in [0.15, 0.2) is 24.5 Å². The SMILES string of the molecule is Cc1c(O)cccc1C(=O)NCCCc1ncn[nH]1. The van der Waals surface area contributed by atoms with Gasteiger partial charge in [0.05, 0.1) is 0 Å². The fraction of sp³-hybridized carbons (Fsp3) is 0.308. The van der Waals surface area contributed by atoms with Crippen molar-refractivity contribution < 1.29 is 9.90 Å². The number of aromatic nitrogens is 3. The molecular formula is C13H16N4O2. The van der Waals surface area contributed by atoms with E-state index in [2.05, 4.69) is 20.5 Å². The van der Waals surface area contributed by atoms with E-state index in [1.807, 2.05) is 0 Å². The molecule has 0 radical (unpaired) electrons. The molecule has 2 aromatic rings. The third-order valence-electron chi connectivity index (χ3n) is 2.89. The van der Waals surface area contributed by atoms with Gasteiger partial charge in [0.25, 0.3) is 5.91 Å². The van der Waals surface area contributed by atoms with Crippen LogP contribution in [-0.2, 0) is 6.42 Å². The van der Waals surface area contributed by atoms with Gasteiger partial charge >= 0.3 is 0 Å². The lowest BCUT2D eigenvalue weighted by atomic mass is 10.1. The van der Waals surface area contributed by atoms with Crippen molar-refractivity contribution in [1.82, 2.24) is 20.5 Å². The van der Waals surface area contributed by atoms with Crippen LogP contribution in [0.25, 0.3) is 0 Å². The van der Waals surface area contributed by atoms with Crippen molar-refractivity contribution in [3.8, 4) is 5.75 Å². The molecule has 0 fully saturated rings. The fourth-order valence-corrected chi connectivity index (χ4v) is 1.77. The molecule has 3 N–H and O–H groups in total. The average molecular weight is 260 g/mol. The van der Waals surface area contributed by atoms with Crippen LogP contribution >= 0.6 is 0 Å². The van der Waals surface area contributed by atoms with E-state index in [1.54, 1.807) is 25.1 Å². The first-order chi connectivity index (χ1) is 9.18. The smallest absolute Gasteiger partial charge is 0.251 e. The third-order valence-corrected chi connectivity index (χ3v) is 2.89. The molecule has 6 nitrogen and oxygen atoms in total. The number of aromatic hydroxyl groups is 1. The fourth-order valence-electron chi connectivity index (χ4n) is 1.77. The van der Waals surface area contributed by atoms with E-state index >= 15 is 0 Å². The highest BCUT2D eigenvalue weighted by atomic mass is 16.3. The van der Waals surface area contributed by atoms with Gasteiger partial charge in [-0.25, -0.2) is 4.98 Å². The second kappa shape index (κ2) is 5.99. The molecule has 0 atom stereocenters. The molecule has 2 rings (SSSR count). The molecule has 0 saturated carbocycles. The molecule has 0 bridgehead atoms. The Kier molecular flexibility index (Phi) is 4.12. The summed E-state index contributed by atoms with van der Waals surface area (Å²) in [5, 5.41) is 18.9. The van der Waals surface area contributed by atoms with Crippen molar-refractivity contribution in [2.75, 3.05) is 6.54 Å². The van der Waals surface area contributed by atoms with Crippen LogP contribution in [0, 0.1) is 6.92 Å². The van der Waals surface area contributed by atoms with Crippen LogP contribution in [0.2, 0.25) is 0 Å². The molecule has 0 unspecified atom stereocenters. The van der Waals surface area contributed by atoms with E-state index in [0.717, 1.165) is 18.7 Å². The van der Waals surface area contributed by atoms with E-state index in [1.165, 1.54) is 6.33 Å². The number of nitrogens with zero attached hydrogens (tertiary/aromatic N) is 2. The number of carbonyl (C=O) groups is 1. The lowest BCUT2D eigenvalue weighted by molar-refractivity contribution is 0.0952. The minimum atomic E-state index is -0.175. The normalized spacial score (nSPS) is 10.4. The second-order valence-corrected chi connectivity index (χ2v) is 4.24. The number of aromatic amines is 1. The molecule has 100 valence electrons. The van der Waals surface area contributed by atoms with Gasteiger partial charge < -0.3 is 10.4 Å². The summed E-state index contributed by atoms with van der Waals surface area (Å²) in [4.78, 5) is 15.9. The molecule has 1 aromatic heterocycles. The van der Waals surface area contributed by atoms with Gasteiger partial charge in [0.1, 0.15) is 17.9 Å². The van der Waals surface area contributed by atoms with Crippen LogP contribution in [0.5, 0.6) is 5.75 Å². The number of hydrogen-bond acceptors (Lipinski definition) is 4. The molecular weight excluding hydrogens is 244 g/mol. The highest BCUT2D eigenvalue weighted by molar-refractivity contribution is 5.96. The number of amides is 1. The number of carbonyl (C=O) groups excluding carboxylic acids is 1. The number of phenolic OH excluding ortho intramolecular Hbond substituents is 1. The number of H-pyrrole nitrogens is 1. The molecule has 0 aliphatic carbocycles. The van der Waals surface area contributed by atoms with Gasteiger partial charge in [-0.3, -0.25) is 9.89 Å². The summed E-state index contributed by atoms with van der Waals surface area (Å²) in [7, 11) is 0. The average Bonchev–Trinajstić information content (AvgIpc) is 2.91. The zero-order valence-electron chi connectivity index (χ0n) is 10.7. The molecule has 1 heterocycles. The predicted octanol–water partition coefficient (Wildman–Crippen LogP) is 1.18. The van der Waals surface area contributed by atoms with E-state index in [-0.39, 0.29) is 11.7 Å². The van der Waals surface area contributed by atoms with Crippen LogP contribution in [0.1, 0.15) is 28.2 Å².